The lowest BCUT2D eigenvalue weighted by Gasteiger charge is -2.11. The highest BCUT2D eigenvalue weighted by Gasteiger charge is 2.17. The zero-order chi connectivity index (χ0) is 23.8. The largest absolute Gasteiger partial charge is 0.508 e. The topological polar surface area (TPSA) is 105 Å². The number of allylic oxidation sites excluding steroid dienone is 3. The smallest absolute Gasteiger partial charge is 0.338 e. The number of carbonyl (C=O) groups is 1. The van der Waals surface area contributed by atoms with E-state index in [9.17, 15) is 15.0 Å². The number of phenols is 1. The molecule has 3 rings (SSSR count). The predicted molar refractivity (Wildman–Crippen MR) is 128 cm³/mol. The lowest BCUT2D eigenvalue weighted by Crippen LogP contribution is -2.07. The van der Waals surface area contributed by atoms with Gasteiger partial charge in [-0.1, -0.05) is 44.2 Å². The molecule has 0 aliphatic rings. The average molecular weight is 446 g/mol. The summed E-state index contributed by atoms with van der Waals surface area (Å²) in [6.07, 6.45) is 4.51. The number of esters is 1. The zero-order valence-corrected chi connectivity index (χ0v) is 18.9. The first-order valence-corrected chi connectivity index (χ1v) is 10.9. The monoisotopic (exact) mass is 445 g/mol. The first-order chi connectivity index (χ1) is 16.0. The second kappa shape index (κ2) is 11.0. The maximum atomic E-state index is 12.3. The Morgan fingerprint density at radius 1 is 1.03 bits per heavy atom. The second-order valence-corrected chi connectivity index (χ2v) is 7.26. The highest BCUT2D eigenvalue weighted by molar-refractivity contribution is 5.90. The number of aliphatic hydroxyl groups excluding tert-OH is 1. The Bertz CT molecular complexity index is 1200. The van der Waals surface area contributed by atoms with Crippen molar-refractivity contribution in [2.24, 2.45) is 0 Å². The van der Waals surface area contributed by atoms with Crippen LogP contribution < -0.4 is 0 Å². The quantitative estimate of drug-likeness (QED) is 0.259. The third-order valence-electron chi connectivity index (χ3n) is 4.83. The fourth-order valence-electron chi connectivity index (χ4n) is 3.20. The summed E-state index contributed by atoms with van der Waals surface area (Å²) in [6, 6.07) is 13.6. The van der Waals surface area contributed by atoms with Crippen molar-refractivity contribution >= 4 is 11.5 Å². The maximum Gasteiger partial charge on any atom is 0.338 e. The summed E-state index contributed by atoms with van der Waals surface area (Å²) in [4.78, 5) is 26.0. The van der Waals surface area contributed by atoms with Crippen LogP contribution in [0, 0.1) is 0 Å². The third-order valence-corrected chi connectivity index (χ3v) is 4.83. The van der Waals surface area contributed by atoms with Gasteiger partial charge < -0.3 is 14.9 Å². The van der Waals surface area contributed by atoms with Crippen LogP contribution in [-0.4, -0.2) is 37.7 Å². The number of nitrogens with zero attached hydrogens (tertiary/aromatic N) is 3. The molecule has 1 aromatic heterocycles. The van der Waals surface area contributed by atoms with Crippen molar-refractivity contribution in [1.82, 2.24) is 15.0 Å². The van der Waals surface area contributed by atoms with Crippen LogP contribution in [0.3, 0.4) is 0 Å². The highest BCUT2D eigenvalue weighted by atomic mass is 16.5. The SMILES string of the molecule is C/C=C\C(O)=C(/CC)c1nc(-c2cccc(C(=O)OCCC)c2)nc(-c2ccccc2O)n1. The van der Waals surface area contributed by atoms with E-state index in [0.29, 0.717) is 41.1 Å². The van der Waals surface area contributed by atoms with Gasteiger partial charge in [0, 0.05) is 11.1 Å². The van der Waals surface area contributed by atoms with Crippen LogP contribution in [0.2, 0.25) is 0 Å². The molecule has 0 bridgehead atoms. The van der Waals surface area contributed by atoms with Gasteiger partial charge in [-0.2, -0.15) is 0 Å². The summed E-state index contributed by atoms with van der Waals surface area (Å²) in [5.41, 5.74) is 1.94. The van der Waals surface area contributed by atoms with Gasteiger partial charge in [-0.05, 0) is 50.1 Å². The number of aromatic nitrogens is 3. The Morgan fingerprint density at radius 2 is 1.79 bits per heavy atom. The molecule has 2 N–H and O–H groups in total. The number of aliphatic hydroxyl groups is 1. The van der Waals surface area contributed by atoms with E-state index in [-0.39, 0.29) is 23.2 Å². The van der Waals surface area contributed by atoms with Gasteiger partial charge >= 0.3 is 5.97 Å². The van der Waals surface area contributed by atoms with E-state index >= 15 is 0 Å². The fraction of sp³-hybridized carbons (Fsp3) is 0.231. The van der Waals surface area contributed by atoms with Crippen LogP contribution in [0.5, 0.6) is 5.75 Å². The molecule has 0 spiro atoms. The van der Waals surface area contributed by atoms with Crippen LogP contribution >= 0.6 is 0 Å². The molecule has 3 aromatic rings. The van der Waals surface area contributed by atoms with Gasteiger partial charge in [0.2, 0.25) is 0 Å². The van der Waals surface area contributed by atoms with E-state index < -0.39 is 5.97 Å². The standard InChI is InChI=1S/C26H27N3O4/c1-4-10-21(30)19(6-3)24-27-23(28-25(29-24)20-13-7-8-14-22(20)31)17-11-9-12-18(16-17)26(32)33-15-5-2/h4,7-14,16,30-31H,5-6,15H2,1-3H3/b10-4-,21-19-. The van der Waals surface area contributed by atoms with E-state index in [0.717, 1.165) is 6.42 Å². The Morgan fingerprint density at radius 3 is 2.48 bits per heavy atom. The van der Waals surface area contributed by atoms with E-state index in [1.807, 2.05) is 13.8 Å². The molecular formula is C26H27N3O4. The Hall–Kier alpha value is -4.00. The molecule has 0 aliphatic heterocycles. The number of carbonyl (C=O) groups excluding carboxylic acids is 1. The highest BCUT2D eigenvalue weighted by Crippen LogP contribution is 2.30. The number of aromatic hydroxyl groups is 1. The number of para-hydroxylation sites is 1. The Kier molecular flexibility index (Phi) is 7.91. The number of phenolic OH excluding ortho intramolecular Hbond substituents is 1. The molecule has 2 aromatic carbocycles. The van der Waals surface area contributed by atoms with Crippen LogP contribution in [0.25, 0.3) is 28.3 Å². The van der Waals surface area contributed by atoms with E-state index in [4.69, 9.17) is 4.74 Å². The number of rotatable bonds is 8. The summed E-state index contributed by atoms with van der Waals surface area (Å²) < 4.78 is 5.24. The number of ether oxygens (including phenoxy) is 1. The minimum atomic E-state index is -0.422. The molecule has 7 nitrogen and oxygen atoms in total. The van der Waals surface area contributed by atoms with Crippen LogP contribution in [0.4, 0.5) is 0 Å². The number of hydrogen-bond acceptors (Lipinski definition) is 7. The van der Waals surface area contributed by atoms with Crippen molar-refractivity contribution in [2.45, 2.75) is 33.6 Å². The molecule has 0 saturated heterocycles. The maximum absolute atomic E-state index is 12.3. The second-order valence-electron chi connectivity index (χ2n) is 7.26. The van der Waals surface area contributed by atoms with Crippen molar-refractivity contribution in [2.75, 3.05) is 6.61 Å². The van der Waals surface area contributed by atoms with Crippen LogP contribution in [0.15, 0.2) is 66.4 Å². The summed E-state index contributed by atoms with van der Waals surface area (Å²) in [5.74, 6) is 0.507. The molecular weight excluding hydrogens is 418 g/mol. The number of hydrogen-bond donors (Lipinski definition) is 2. The molecule has 0 radical (unpaired) electrons. The molecule has 0 unspecified atom stereocenters. The van der Waals surface area contributed by atoms with Gasteiger partial charge in [0.1, 0.15) is 11.5 Å². The zero-order valence-electron chi connectivity index (χ0n) is 18.9. The Balaban J connectivity index is 2.20. The first kappa shape index (κ1) is 23.7. The van der Waals surface area contributed by atoms with Crippen LogP contribution in [-0.2, 0) is 4.74 Å². The molecule has 0 fully saturated rings. The van der Waals surface area contributed by atoms with Gasteiger partial charge in [0.15, 0.2) is 17.5 Å². The van der Waals surface area contributed by atoms with Crippen LogP contribution in [0.1, 0.15) is 49.8 Å². The molecule has 0 amide bonds. The first-order valence-electron chi connectivity index (χ1n) is 10.9. The molecule has 0 aliphatic carbocycles. The normalized spacial score (nSPS) is 12.0. The molecule has 33 heavy (non-hydrogen) atoms. The molecule has 1 heterocycles. The van der Waals surface area contributed by atoms with E-state index in [1.54, 1.807) is 67.6 Å². The predicted octanol–water partition coefficient (Wildman–Crippen LogP) is 5.73. The van der Waals surface area contributed by atoms with Gasteiger partial charge in [0.25, 0.3) is 0 Å². The summed E-state index contributed by atoms with van der Waals surface area (Å²) in [7, 11) is 0. The minimum Gasteiger partial charge on any atom is -0.508 e. The molecule has 7 heteroatoms. The lowest BCUT2D eigenvalue weighted by atomic mass is 10.1. The van der Waals surface area contributed by atoms with Gasteiger partial charge in [-0.15, -0.1) is 0 Å². The summed E-state index contributed by atoms with van der Waals surface area (Å²) in [6.45, 7) is 5.96. The molecule has 170 valence electrons. The third kappa shape index (κ3) is 5.63. The van der Waals surface area contributed by atoms with Crippen molar-refractivity contribution < 1.29 is 19.7 Å². The van der Waals surface area contributed by atoms with E-state index in [2.05, 4.69) is 15.0 Å². The van der Waals surface area contributed by atoms with Gasteiger partial charge in [-0.3, -0.25) is 0 Å². The van der Waals surface area contributed by atoms with Crippen molar-refractivity contribution in [3.8, 4) is 28.5 Å². The van der Waals surface area contributed by atoms with Crippen molar-refractivity contribution in [3.63, 3.8) is 0 Å². The average Bonchev–Trinajstić information content (AvgIpc) is 2.83. The van der Waals surface area contributed by atoms with Gasteiger partial charge in [-0.25, -0.2) is 19.7 Å². The van der Waals surface area contributed by atoms with Crippen molar-refractivity contribution in [3.05, 3.63) is 77.8 Å². The van der Waals surface area contributed by atoms with Crippen molar-refractivity contribution in [1.29, 1.82) is 0 Å². The lowest BCUT2D eigenvalue weighted by molar-refractivity contribution is 0.0505. The van der Waals surface area contributed by atoms with Gasteiger partial charge in [0.05, 0.1) is 17.7 Å². The summed E-state index contributed by atoms with van der Waals surface area (Å²) >= 11 is 0. The Labute approximate surface area is 193 Å². The number of benzene rings is 2. The van der Waals surface area contributed by atoms with E-state index in [1.165, 1.54) is 0 Å². The summed E-state index contributed by atoms with van der Waals surface area (Å²) in [5, 5.41) is 20.9. The molecule has 0 saturated carbocycles. The minimum absolute atomic E-state index is 0.0252. The fourth-order valence-corrected chi connectivity index (χ4v) is 3.20. The molecule has 0 atom stereocenters.